The number of nitrogens with one attached hydrogen (secondary N) is 1. The molecule has 6 heteroatoms. The molecule has 4 nitrogen and oxygen atoms in total. The molecular formula is C21H14BrN3OS. The third-order valence-corrected chi connectivity index (χ3v) is 5.44. The van der Waals surface area contributed by atoms with Crippen molar-refractivity contribution in [1.29, 1.82) is 5.26 Å². The van der Waals surface area contributed by atoms with Crippen molar-refractivity contribution in [2.75, 3.05) is 4.90 Å². The molecule has 0 spiro atoms. The average Bonchev–Trinajstić information content (AvgIpc) is 2.68. The Morgan fingerprint density at radius 1 is 1.07 bits per heavy atom. The van der Waals surface area contributed by atoms with Crippen LogP contribution in [0.5, 0.6) is 0 Å². The number of benzene rings is 3. The number of hydrogen-bond donors (Lipinski definition) is 2. The molecule has 1 atom stereocenters. The third-order valence-electron chi connectivity index (χ3n) is 4.51. The fourth-order valence-corrected chi connectivity index (χ4v) is 4.08. The summed E-state index contributed by atoms with van der Waals surface area (Å²) in [5.74, 6) is -0.427. The van der Waals surface area contributed by atoms with E-state index in [4.69, 9.17) is 0 Å². The van der Waals surface area contributed by atoms with E-state index in [1.807, 2.05) is 77.7 Å². The Balaban J connectivity index is 1.98. The number of rotatable bonds is 2. The van der Waals surface area contributed by atoms with Gasteiger partial charge in [-0.1, -0.05) is 64.5 Å². The predicted molar refractivity (Wildman–Crippen MR) is 113 cm³/mol. The van der Waals surface area contributed by atoms with Crippen LogP contribution in [-0.4, -0.2) is 5.91 Å². The zero-order chi connectivity index (χ0) is 19.0. The highest BCUT2D eigenvalue weighted by Gasteiger charge is 2.34. The molecule has 0 aliphatic carbocycles. The lowest BCUT2D eigenvalue weighted by molar-refractivity contribution is -0.118. The van der Waals surface area contributed by atoms with Gasteiger partial charge < -0.3 is 10.2 Å². The monoisotopic (exact) mass is 435 g/mol. The topological polar surface area (TPSA) is 56.1 Å². The number of nitriles is 1. The largest absolute Gasteiger partial charge is 0.327 e. The lowest BCUT2D eigenvalue weighted by Gasteiger charge is -2.38. The van der Waals surface area contributed by atoms with E-state index in [2.05, 4.69) is 33.9 Å². The maximum Gasteiger partial charge on any atom is 0.266 e. The van der Waals surface area contributed by atoms with Crippen molar-refractivity contribution in [2.45, 2.75) is 6.17 Å². The summed E-state index contributed by atoms with van der Waals surface area (Å²) in [5.41, 5.74) is 1.75. The van der Waals surface area contributed by atoms with Crippen LogP contribution in [0.2, 0.25) is 0 Å². The van der Waals surface area contributed by atoms with Crippen LogP contribution in [0.3, 0.4) is 0 Å². The molecule has 27 heavy (non-hydrogen) atoms. The first-order valence-electron chi connectivity index (χ1n) is 8.27. The Hall–Kier alpha value is -2.75. The minimum absolute atomic E-state index is 0.00230. The molecular weight excluding hydrogens is 422 g/mol. The summed E-state index contributed by atoms with van der Waals surface area (Å²) in [4.78, 5) is 14.4. The summed E-state index contributed by atoms with van der Waals surface area (Å²) in [6.07, 6.45) is -0.481. The van der Waals surface area contributed by atoms with Gasteiger partial charge >= 0.3 is 0 Å². The number of halogens is 1. The molecule has 1 aliphatic rings. The van der Waals surface area contributed by atoms with E-state index in [0.717, 1.165) is 26.5 Å². The van der Waals surface area contributed by atoms with Gasteiger partial charge in [0, 0.05) is 9.86 Å². The standard InChI is InChI=1S/C21H14BrN3OS/c22-15-8-3-7-14(11-15)19-24-20(26)17(12-23)21(27)25(19)18-10-4-6-13-5-1-2-9-16(13)18/h1-11,19,27H,(H,24,26). The van der Waals surface area contributed by atoms with Crippen LogP contribution in [0.25, 0.3) is 10.8 Å². The number of amides is 1. The van der Waals surface area contributed by atoms with Gasteiger partial charge in [0.15, 0.2) is 0 Å². The number of thiol groups is 1. The lowest BCUT2D eigenvalue weighted by atomic mass is 10.0. The fraction of sp³-hybridized carbons (Fsp3) is 0.0476. The van der Waals surface area contributed by atoms with Crippen LogP contribution in [-0.2, 0) is 4.79 Å². The number of hydrogen-bond acceptors (Lipinski definition) is 4. The zero-order valence-electron chi connectivity index (χ0n) is 14.1. The highest BCUT2D eigenvalue weighted by atomic mass is 79.9. The van der Waals surface area contributed by atoms with Gasteiger partial charge in [-0.05, 0) is 29.1 Å². The molecule has 0 bridgehead atoms. The number of carbonyl (C=O) groups is 1. The molecule has 1 unspecified atom stereocenters. The molecule has 1 heterocycles. The van der Waals surface area contributed by atoms with Crippen LogP contribution < -0.4 is 10.2 Å². The molecule has 0 saturated heterocycles. The number of nitrogens with zero attached hydrogens (tertiary/aromatic N) is 2. The first kappa shape index (κ1) is 17.7. The Kier molecular flexibility index (Phi) is 4.65. The summed E-state index contributed by atoms with van der Waals surface area (Å²) in [6, 6.07) is 23.6. The van der Waals surface area contributed by atoms with Crippen LogP contribution in [0, 0.1) is 11.3 Å². The van der Waals surface area contributed by atoms with Crippen LogP contribution in [0.15, 0.2) is 81.8 Å². The maximum atomic E-state index is 12.5. The van der Waals surface area contributed by atoms with Crippen LogP contribution >= 0.6 is 28.6 Å². The van der Waals surface area contributed by atoms with E-state index >= 15 is 0 Å². The van der Waals surface area contributed by atoms with Crippen LogP contribution in [0.4, 0.5) is 5.69 Å². The Labute approximate surface area is 170 Å². The van der Waals surface area contributed by atoms with E-state index in [9.17, 15) is 10.1 Å². The summed E-state index contributed by atoms with van der Waals surface area (Å²) in [6.45, 7) is 0. The predicted octanol–water partition coefficient (Wildman–Crippen LogP) is 4.90. The van der Waals surface area contributed by atoms with E-state index < -0.39 is 12.1 Å². The van der Waals surface area contributed by atoms with Crippen molar-refractivity contribution in [3.8, 4) is 6.07 Å². The molecule has 0 saturated carbocycles. The second-order valence-electron chi connectivity index (χ2n) is 6.11. The van der Waals surface area contributed by atoms with Crippen molar-refractivity contribution in [3.63, 3.8) is 0 Å². The molecule has 1 N–H and O–H groups in total. The normalized spacial score (nSPS) is 17.0. The smallest absolute Gasteiger partial charge is 0.266 e. The highest BCUT2D eigenvalue weighted by Crippen LogP contribution is 2.39. The van der Waals surface area contributed by atoms with E-state index in [1.165, 1.54) is 0 Å². The second-order valence-corrected chi connectivity index (χ2v) is 7.45. The van der Waals surface area contributed by atoms with Gasteiger partial charge in [0.1, 0.15) is 17.8 Å². The van der Waals surface area contributed by atoms with Gasteiger partial charge in [0.05, 0.1) is 10.7 Å². The Morgan fingerprint density at radius 3 is 2.59 bits per heavy atom. The maximum absolute atomic E-state index is 12.5. The zero-order valence-corrected chi connectivity index (χ0v) is 16.5. The first-order chi connectivity index (χ1) is 13.1. The number of anilines is 1. The van der Waals surface area contributed by atoms with Gasteiger partial charge in [-0.15, -0.1) is 12.6 Å². The van der Waals surface area contributed by atoms with Crippen LogP contribution in [0.1, 0.15) is 11.7 Å². The number of fused-ring (bicyclic) bond motifs is 1. The minimum Gasteiger partial charge on any atom is -0.327 e. The molecule has 0 radical (unpaired) electrons. The molecule has 3 aromatic carbocycles. The SMILES string of the molecule is N#CC1=C(S)N(c2cccc3ccccc23)C(c2cccc(Br)c2)NC1=O. The quantitative estimate of drug-likeness (QED) is 0.562. The lowest BCUT2D eigenvalue weighted by Crippen LogP contribution is -2.46. The number of carbonyl (C=O) groups excluding carboxylic acids is 1. The van der Waals surface area contributed by atoms with E-state index in [0.29, 0.717) is 5.03 Å². The Bertz CT molecular complexity index is 1130. The Morgan fingerprint density at radius 2 is 1.81 bits per heavy atom. The second kappa shape index (κ2) is 7.10. The van der Waals surface area contributed by atoms with Gasteiger partial charge in [-0.2, -0.15) is 5.26 Å². The van der Waals surface area contributed by atoms with Gasteiger partial charge in [0.2, 0.25) is 0 Å². The average molecular weight is 436 g/mol. The third kappa shape index (κ3) is 3.09. The fourth-order valence-electron chi connectivity index (χ4n) is 3.29. The molecule has 0 fully saturated rings. The highest BCUT2D eigenvalue weighted by molar-refractivity contribution is 9.10. The minimum atomic E-state index is -0.481. The van der Waals surface area contributed by atoms with Crippen molar-refractivity contribution < 1.29 is 4.79 Å². The molecule has 1 amide bonds. The van der Waals surface area contributed by atoms with E-state index in [-0.39, 0.29) is 5.57 Å². The van der Waals surface area contributed by atoms with Crippen molar-refractivity contribution in [3.05, 3.63) is 87.4 Å². The molecule has 3 aromatic rings. The summed E-state index contributed by atoms with van der Waals surface area (Å²) >= 11 is 8.06. The van der Waals surface area contributed by atoms with Gasteiger partial charge in [-0.25, -0.2) is 0 Å². The molecule has 4 rings (SSSR count). The van der Waals surface area contributed by atoms with Crippen molar-refractivity contribution >= 4 is 50.9 Å². The molecule has 0 aromatic heterocycles. The molecule has 1 aliphatic heterocycles. The van der Waals surface area contributed by atoms with Gasteiger partial charge in [0.25, 0.3) is 5.91 Å². The van der Waals surface area contributed by atoms with Crippen molar-refractivity contribution in [1.82, 2.24) is 5.32 Å². The summed E-state index contributed by atoms with van der Waals surface area (Å²) < 4.78 is 0.905. The van der Waals surface area contributed by atoms with E-state index in [1.54, 1.807) is 0 Å². The van der Waals surface area contributed by atoms with Gasteiger partial charge in [-0.3, -0.25) is 4.79 Å². The molecule has 132 valence electrons. The first-order valence-corrected chi connectivity index (χ1v) is 9.51. The summed E-state index contributed by atoms with van der Waals surface area (Å²) in [5, 5.41) is 14.8. The van der Waals surface area contributed by atoms with Crippen molar-refractivity contribution in [2.24, 2.45) is 0 Å². The summed E-state index contributed by atoms with van der Waals surface area (Å²) in [7, 11) is 0.